The Bertz CT molecular complexity index is 846. The van der Waals surface area contributed by atoms with Crippen molar-refractivity contribution in [2.75, 3.05) is 39.8 Å². The van der Waals surface area contributed by atoms with Gasteiger partial charge in [0.1, 0.15) is 11.9 Å². The summed E-state index contributed by atoms with van der Waals surface area (Å²) in [7, 11) is 3.75. The molecule has 2 fully saturated rings. The normalized spacial score (nSPS) is 21.0. The summed E-state index contributed by atoms with van der Waals surface area (Å²) < 4.78 is 1.91. The number of aromatic nitrogens is 2. The van der Waals surface area contributed by atoms with Crippen LogP contribution in [0, 0.1) is 0 Å². The third-order valence-corrected chi connectivity index (χ3v) is 5.38. The first kappa shape index (κ1) is 16.8. The van der Waals surface area contributed by atoms with E-state index in [2.05, 4.69) is 9.88 Å². The number of hydrogen-bond donors (Lipinski definition) is 0. The topological polar surface area (TPSA) is 61.7 Å². The zero-order chi connectivity index (χ0) is 18.3. The maximum absolute atomic E-state index is 13.2. The minimum absolute atomic E-state index is 0.0377. The summed E-state index contributed by atoms with van der Waals surface area (Å²) in [5.41, 5.74) is 1.45. The van der Waals surface area contributed by atoms with Gasteiger partial charge in [-0.05, 0) is 6.07 Å². The summed E-state index contributed by atoms with van der Waals surface area (Å²) >= 11 is 0. The van der Waals surface area contributed by atoms with Crippen LogP contribution in [0.15, 0.2) is 36.7 Å². The average molecular weight is 353 g/mol. The molecule has 3 heterocycles. The van der Waals surface area contributed by atoms with Gasteiger partial charge in [0, 0.05) is 64.8 Å². The van der Waals surface area contributed by atoms with Crippen molar-refractivity contribution in [3.8, 4) is 11.4 Å². The van der Waals surface area contributed by atoms with Crippen molar-refractivity contribution in [2.24, 2.45) is 7.05 Å². The molecule has 0 unspecified atom stereocenters. The van der Waals surface area contributed by atoms with Crippen molar-refractivity contribution in [2.45, 2.75) is 6.04 Å². The Balaban J connectivity index is 1.61. The zero-order valence-corrected chi connectivity index (χ0v) is 15.1. The van der Waals surface area contributed by atoms with Gasteiger partial charge in [-0.3, -0.25) is 14.5 Å². The minimum atomic E-state index is -0.230. The highest BCUT2D eigenvalue weighted by molar-refractivity contribution is 6.00. The number of aryl methyl sites for hydroxylation is 1. The molecule has 0 spiro atoms. The molecule has 2 aliphatic rings. The van der Waals surface area contributed by atoms with Crippen LogP contribution in [0.5, 0.6) is 0 Å². The van der Waals surface area contributed by atoms with Gasteiger partial charge in [0.2, 0.25) is 5.91 Å². The van der Waals surface area contributed by atoms with Gasteiger partial charge in [-0.15, -0.1) is 0 Å². The minimum Gasteiger partial charge on any atom is -0.343 e. The Kier molecular flexibility index (Phi) is 4.24. The molecule has 7 heteroatoms. The van der Waals surface area contributed by atoms with E-state index in [1.165, 1.54) is 0 Å². The Labute approximate surface area is 152 Å². The lowest BCUT2D eigenvalue weighted by molar-refractivity contribution is -0.142. The van der Waals surface area contributed by atoms with Gasteiger partial charge in [-0.2, -0.15) is 0 Å². The van der Waals surface area contributed by atoms with Gasteiger partial charge in [0.15, 0.2) is 0 Å². The number of likely N-dealkylation sites (N-methyl/N-ethyl adjacent to an activating group) is 1. The number of rotatable bonds is 2. The molecule has 1 aromatic heterocycles. The predicted molar refractivity (Wildman–Crippen MR) is 97.5 cm³/mol. The molecule has 0 N–H and O–H groups in total. The Hall–Kier alpha value is -2.67. The van der Waals surface area contributed by atoms with E-state index in [1.54, 1.807) is 16.0 Å². The first-order chi connectivity index (χ1) is 12.6. The molecule has 7 nitrogen and oxygen atoms in total. The van der Waals surface area contributed by atoms with Crippen LogP contribution in [0.25, 0.3) is 11.4 Å². The largest absolute Gasteiger partial charge is 0.343 e. The lowest BCUT2D eigenvalue weighted by atomic mass is 10.0. The van der Waals surface area contributed by atoms with Gasteiger partial charge in [0.25, 0.3) is 5.91 Å². The zero-order valence-electron chi connectivity index (χ0n) is 15.1. The number of fused-ring (bicyclic) bond motifs is 1. The van der Waals surface area contributed by atoms with E-state index in [4.69, 9.17) is 0 Å². The van der Waals surface area contributed by atoms with Crippen molar-refractivity contribution >= 4 is 11.8 Å². The summed E-state index contributed by atoms with van der Waals surface area (Å²) in [6, 6.07) is 7.32. The molecule has 0 aliphatic carbocycles. The molecular weight excluding hydrogens is 330 g/mol. The van der Waals surface area contributed by atoms with Gasteiger partial charge in [0.05, 0.1) is 5.56 Å². The second-order valence-electron chi connectivity index (χ2n) is 6.97. The maximum Gasteiger partial charge on any atom is 0.254 e. The fourth-order valence-electron chi connectivity index (χ4n) is 3.81. The quantitative estimate of drug-likeness (QED) is 0.797. The summed E-state index contributed by atoms with van der Waals surface area (Å²) in [5.74, 6) is 0.830. The van der Waals surface area contributed by atoms with Crippen LogP contribution in [0.3, 0.4) is 0 Å². The average Bonchev–Trinajstić information content (AvgIpc) is 3.10. The fourth-order valence-corrected chi connectivity index (χ4v) is 3.81. The second kappa shape index (κ2) is 6.57. The number of imidazole rings is 1. The highest BCUT2D eigenvalue weighted by Crippen LogP contribution is 2.25. The van der Waals surface area contributed by atoms with Gasteiger partial charge in [-0.25, -0.2) is 4.98 Å². The monoisotopic (exact) mass is 353 g/mol. The van der Waals surface area contributed by atoms with Crippen molar-refractivity contribution in [3.63, 3.8) is 0 Å². The van der Waals surface area contributed by atoms with Crippen molar-refractivity contribution in [1.82, 2.24) is 24.3 Å². The van der Waals surface area contributed by atoms with E-state index in [-0.39, 0.29) is 17.9 Å². The van der Waals surface area contributed by atoms with Crippen LogP contribution >= 0.6 is 0 Å². The third-order valence-electron chi connectivity index (χ3n) is 5.38. The number of carbonyl (C=O) groups is 2. The highest BCUT2D eigenvalue weighted by Gasteiger charge is 2.39. The molecular formula is C19H23N5O2. The van der Waals surface area contributed by atoms with Crippen molar-refractivity contribution < 1.29 is 9.59 Å². The molecule has 0 saturated carbocycles. The number of carbonyl (C=O) groups excluding carboxylic acids is 2. The van der Waals surface area contributed by atoms with Crippen LogP contribution in [0.1, 0.15) is 10.4 Å². The third kappa shape index (κ3) is 2.78. The predicted octanol–water partition coefficient (Wildman–Crippen LogP) is 0.685. The molecule has 26 heavy (non-hydrogen) atoms. The number of hydrogen-bond acceptors (Lipinski definition) is 4. The van der Waals surface area contributed by atoms with E-state index in [0.717, 1.165) is 31.0 Å². The Morgan fingerprint density at radius 3 is 2.65 bits per heavy atom. The molecule has 136 valence electrons. The van der Waals surface area contributed by atoms with Crippen LogP contribution < -0.4 is 0 Å². The smallest absolute Gasteiger partial charge is 0.254 e. The van der Waals surface area contributed by atoms with Crippen LogP contribution in [0.4, 0.5) is 0 Å². The summed E-state index contributed by atoms with van der Waals surface area (Å²) in [5, 5.41) is 0. The number of piperazine rings is 2. The number of nitrogens with zero attached hydrogens (tertiary/aromatic N) is 5. The van der Waals surface area contributed by atoms with Crippen LogP contribution in [-0.4, -0.2) is 81.9 Å². The fraction of sp³-hybridized carbons (Fsp3) is 0.421. The van der Waals surface area contributed by atoms with Crippen LogP contribution in [0.2, 0.25) is 0 Å². The van der Waals surface area contributed by atoms with E-state index < -0.39 is 0 Å². The molecule has 2 aliphatic heterocycles. The van der Waals surface area contributed by atoms with Crippen LogP contribution in [-0.2, 0) is 11.8 Å². The molecule has 1 atom stereocenters. The van der Waals surface area contributed by atoms with E-state index >= 15 is 0 Å². The number of amides is 2. The molecule has 0 bridgehead atoms. The summed E-state index contributed by atoms with van der Waals surface area (Å²) in [6.45, 7) is 3.45. The Morgan fingerprint density at radius 1 is 1.12 bits per heavy atom. The molecule has 1 aromatic carbocycles. The number of benzene rings is 1. The van der Waals surface area contributed by atoms with E-state index in [1.807, 2.05) is 49.1 Å². The van der Waals surface area contributed by atoms with E-state index in [9.17, 15) is 9.59 Å². The molecule has 2 saturated heterocycles. The summed E-state index contributed by atoms with van der Waals surface area (Å²) in [6.07, 6.45) is 3.60. The van der Waals surface area contributed by atoms with Gasteiger partial charge >= 0.3 is 0 Å². The standard InChI is InChI=1S/C19H23N5O2/c1-21-8-7-20-17(21)14-5-3-4-6-15(14)18(25)24-12-11-23-10-9-22(2)19(26)16(23)13-24/h3-8,16H,9-13H2,1-2H3/t16-/m0/s1. The summed E-state index contributed by atoms with van der Waals surface area (Å²) in [4.78, 5) is 35.9. The van der Waals surface area contributed by atoms with Gasteiger partial charge < -0.3 is 14.4 Å². The van der Waals surface area contributed by atoms with Crippen molar-refractivity contribution in [1.29, 1.82) is 0 Å². The molecule has 2 aromatic rings. The maximum atomic E-state index is 13.2. The molecule has 2 amide bonds. The lowest BCUT2D eigenvalue weighted by Gasteiger charge is -2.45. The van der Waals surface area contributed by atoms with E-state index in [0.29, 0.717) is 18.7 Å². The highest BCUT2D eigenvalue weighted by atomic mass is 16.2. The first-order valence-electron chi connectivity index (χ1n) is 8.91. The SMILES string of the molecule is CN1CCN2CCN(C(=O)c3ccccc3-c3nccn3C)C[C@H]2C1=O. The van der Waals surface area contributed by atoms with Gasteiger partial charge in [-0.1, -0.05) is 18.2 Å². The Morgan fingerprint density at radius 2 is 1.88 bits per heavy atom. The van der Waals surface area contributed by atoms with Crippen molar-refractivity contribution in [3.05, 3.63) is 42.2 Å². The second-order valence-corrected chi connectivity index (χ2v) is 6.97. The molecule has 4 rings (SSSR count). The first-order valence-corrected chi connectivity index (χ1v) is 8.91. The molecule has 0 radical (unpaired) electrons. The lowest BCUT2D eigenvalue weighted by Crippen LogP contribution is -2.64.